The molecule has 0 radical (unpaired) electrons. The van der Waals surface area contributed by atoms with Crippen molar-refractivity contribution in [3.63, 3.8) is 0 Å². The van der Waals surface area contributed by atoms with E-state index in [9.17, 15) is 4.79 Å². The van der Waals surface area contributed by atoms with Gasteiger partial charge in [0.25, 0.3) is 0 Å². The van der Waals surface area contributed by atoms with Crippen LogP contribution in [0.5, 0.6) is 0 Å². The first-order valence-corrected chi connectivity index (χ1v) is 7.48. The Bertz CT molecular complexity index is 646. The summed E-state index contributed by atoms with van der Waals surface area (Å²) < 4.78 is 0. The maximum absolute atomic E-state index is 12.5. The normalized spacial score (nSPS) is 20.1. The number of rotatable bonds is 3. The molecule has 2 aromatic carbocycles. The number of carbonyl (C=O) groups is 1. The van der Waals surface area contributed by atoms with E-state index in [1.165, 1.54) is 22.3 Å². The van der Waals surface area contributed by atoms with E-state index in [0.29, 0.717) is 11.7 Å². The maximum Gasteiger partial charge on any atom is 0.137 e. The number of ketones is 1. The molecule has 1 atom stereocenters. The second kappa shape index (κ2) is 4.59. The average molecular weight is 262 g/mol. The monoisotopic (exact) mass is 262 g/mol. The fourth-order valence-corrected chi connectivity index (χ4v) is 3.74. The van der Waals surface area contributed by atoms with Gasteiger partial charge in [0.1, 0.15) is 5.78 Å². The molecule has 4 rings (SSSR count). The number of carbonyl (C=O) groups excluding carboxylic acids is 1. The first kappa shape index (κ1) is 11.9. The van der Waals surface area contributed by atoms with Crippen LogP contribution in [0.1, 0.15) is 34.6 Å². The predicted octanol–water partition coefficient (Wildman–Crippen LogP) is 3.70. The third-order valence-electron chi connectivity index (χ3n) is 4.92. The second-order valence-electron chi connectivity index (χ2n) is 6.14. The molecule has 0 N–H and O–H groups in total. The third-order valence-corrected chi connectivity index (χ3v) is 4.92. The Balaban J connectivity index is 1.44. The lowest BCUT2D eigenvalue weighted by molar-refractivity contribution is -0.123. The van der Waals surface area contributed by atoms with Crippen molar-refractivity contribution in [2.75, 3.05) is 0 Å². The summed E-state index contributed by atoms with van der Waals surface area (Å²) in [5.41, 5.74) is 5.58. The minimum Gasteiger partial charge on any atom is -0.299 e. The molecule has 2 aromatic rings. The van der Waals surface area contributed by atoms with Crippen LogP contribution in [-0.4, -0.2) is 5.78 Å². The molecule has 1 nitrogen and oxygen atoms in total. The Labute approximate surface area is 119 Å². The van der Waals surface area contributed by atoms with E-state index in [1.807, 2.05) is 0 Å². The van der Waals surface area contributed by atoms with E-state index in [-0.39, 0.29) is 5.92 Å². The summed E-state index contributed by atoms with van der Waals surface area (Å²) in [6, 6.07) is 17.0. The van der Waals surface area contributed by atoms with Gasteiger partial charge in [0, 0.05) is 12.3 Å². The molecule has 0 fully saturated rings. The standard InChI is InChI=1S/C19H18O/c20-19(12-16-11-15-7-3-4-8-18(15)16)17-9-13-5-1-2-6-14(13)10-17/h1-8,16-17H,9-12H2. The van der Waals surface area contributed by atoms with E-state index < -0.39 is 0 Å². The zero-order valence-corrected chi connectivity index (χ0v) is 11.5. The van der Waals surface area contributed by atoms with Crippen LogP contribution in [0.3, 0.4) is 0 Å². The number of fused-ring (bicyclic) bond motifs is 2. The molecule has 2 aliphatic rings. The minimum atomic E-state index is 0.222. The Hall–Kier alpha value is -1.89. The van der Waals surface area contributed by atoms with Gasteiger partial charge >= 0.3 is 0 Å². The average Bonchev–Trinajstić information content (AvgIpc) is 2.88. The first-order chi connectivity index (χ1) is 9.81. The van der Waals surface area contributed by atoms with Gasteiger partial charge in [-0.2, -0.15) is 0 Å². The van der Waals surface area contributed by atoms with Crippen LogP contribution >= 0.6 is 0 Å². The molecule has 0 bridgehead atoms. The summed E-state index contributed by atoms with van der Waals surface area (Å²) in [5, 5.41) is 0. The number of Topliss-reactive ketones (excluding diaryl/α,β-unsaturated/α-hetero) is 1. The maximum atomic E-state index is 12.5. The quantitative estimate of drug-likeness (QED) is 0.824. The molecule has 0 saturated carbocycles. The van der Waals surface area contributed by atoms with E-state index in [1.54, 1.807) is 0 Å². The Morgan fingerprint density at radius 3 is 2.10 bits per heavy atom. The summed E-state index contributed by atoms with van der Waals surface area (Å²) in [4.78, 5) is 12.5. The van der Waals surface area contributed by atoms with Crippen LogP contribution in [-0.2, 0) is 24.1 Å². The highest BCUT2D eigenvalue weighted by Crippen LogP contribution is 2.39. The molecule has 1 unspecified atom stereocenters. The lowest BCUT2D eigenvalue weighted by Gasteiger charge is -2.30. The smallest absolute Gasteiger partial charge is 0.137 e. The summed E-state index contributed by atoms with van der Waals surface area (Å²) in [6.07, 6.45) is 3.71. The number of benzene rings is 2. The minimum absolute atomic E-state index is 0.222. The zero-order chi connectivity index (χ0) is 13.5. The van der Waals surface area contributed by atoms with Crippen molar-refractivity contribution in [2.24, 2.45) is 5.92 Å². The van der Waals surface area contributed by atoms with Crippen molar-refractivity contribution in [2.45, 2.75) is 31.6 Å². The largest absolute Gasteiger partial charge is 0.299 e. The molecular weight excluding hydrogens is 244 g/mol. The first-order valence-electron chi connectivity index (χ1n) is 7.48. The highest BCUT2D eigenvalue weighted by molar-refractivity contribution is 5.83. The van der Waals surface area contributed by atoms with Crippen LogP contribution in [0.4, 0.5) is 0 Å². The van der Waals surface area contributed by atoms with Crippen molar-refractivity contribution in [3.05, 3.63) is 70.8 Å². The summed E-state index contributed by atoms with van der Waals surface area (Å²) in [6.45, 7) is 0. The van der Waals surface area contributed by atoms with Gasteiger partial charge < -0.3 is 0 Å². The van der Waals surface area contributed by atoms with Crippen LogP contribution in [0.25, 0.3) is 0 Å². The molecule has 2 aliphatic carbocycles. The van der Waals surface area contributed by atoms with E-state index >= 15 is 0 Å². The van der Waals surface area contributed by atoms with Crippen molar-refractivity contribution < 1.29 is 4.79 Å². The van der Waals surface area contributed by atoms with Crippen LogP contribution < -0.4 is 0 Å². The zero-order valence-electron chi connectivity index (χ0n) is 11.5. The molecule has 0 spiro atoms. The van der Waals surface area contributed by atoms with Gasteiger partial charge in [-0.25, -0.2) is 0 Å². The van der Waals surface area contributed by atoms with Gasteiger partial charge in [0.15, 0.2) is 0 Å². The van der Waals surface area contributed by atoms with Crippen molar-refractivity contribution in [3.8, 4) is 0 Å². The number of hydrogen-bond donors (Lipinski definition) is 0. The lowest BCUT2D eigenvalue weighted by atomic mass is 9.74. The fraction of sp³-hybridized carbons (Fsp3) is 0.316. The third kappa shape index (κ3) is 1.89. The van der Waals surface area contributed by atoms with E-state index in [0.717, 1.165) is 25.7 Å². The molecule has 0 amide bonds. The van der Waals surface area contributed by atoms with Gasteiger partial charge in [-0.1, -0.05) is 48.5 Å². The van der Waals surface area contributed by atoms with E-state index in [4.69, 9.17) is 0 Å². The molecule has 100 valence electrons. The van der Waals surface area contributed by atoms with Crippen LogP contribution in [0.15, 0.2) is 48.5 Å². The van der Waals surface area contributed by atoms with Gasteiger partial charge in [0.05, 0.1) is 0 Å². The Morgan fingerprint density at radius 1 is 0.850 bits per heavy atom. The Kier molecular flexibility index (Phi) is 2.73. The van der Waals surface area contributed by atoms with Crippen molar-refractivity contribution in [1.82, 2.24) is 0 Å². The summed E-state index contributed by atoms with van der Waals surface area (Å²) in [5.74, 6) is 1.16. The number of hydrogen-bond acceptors (Lipinski definition) is 1. The highest BCUT2D eigenvalue weighted by Gasteiger charge is 2.32. The van der Waals surface area contributed by atoms with Gasteiger partial charge in [-0.05, 0) is 47.4 Å². The summed E-state index contributed by atoms with van der Waals surface area (Å²) in [7, 11) is 0. The second-order valence-corrected chi connectivity index (χ2v) is 6.14. The van der Waals surface area contributed by atoms with Gasteiger partial charge in [-0.15, -0.1) is 0 Å². The molecule has 0 aromatic heterocycles. The van der Waals surface area contributed by atoms with Crippen LogP contribution in [0.2, 0.25) is 0 Å². The highest BCUT2D eigenvalue weighted by atomic mass is 16.1. The molecular formula is C19H18O. The Morgan fingerprint density at radius 2 is 1.45 bits per heavy atom. The van der Waals surface area contributed by atoms with Crippen molar-refractivity contribution in [1.29, 1.82) is 0 Å². The van der Waals surface area contributed by atoms with Crippen molar-refractivity contribution >= 4 is 5.78 Å². The SMILES string of the molecule is O=C(CC1Cc2ccccc21)C1Cc2ccccc2C1. The molecule has 0 aliphatic heterocycles. The molecule has 1 heteroatoms. The van der Waals surface area contributed by atoms with Crippen LogP contribution in [0, 0.1) is 5.92 Å². The fourth-order valence-electron chi connectivity index (χ4n) is 3.74. The molecule has 20 heavy (non-hydrogen) atoms. The van der Waals surface area contributed by atoms with Gasteiger partial charge in [-0.3, -0.25) is 4.79 Å². The summed E-state index contributed by atoms with van der Waals surface area (Å²) >= 11 is 0. The van der Waals surface area contributed by atoms with Gasteiger partial charge in [0.2, 0.25) is 0 Å². The topological polar surface area (TPSA) is 17.1 Å². The van der Waals surface area contributed by atoms with E-state index in [2.05, 4.69) is 48.5 Å². The predicted molar refractivity (Wildman–Crippen MR) is 79.9 cm³/mol. The molecule has 0 heterocycles. The lowest BCUT2D eigenvalue weighted by Crippen LogP contribution is -2.24. The molecule has 0 saturated heterocycles.